The summed E-state index contributed by atoms with van der Waals surface area (Å²) in [6.45, 7) is 5.33. The SMILES string of the molecule is COC1CCC(NCc2cc(C)n(C)c2C)C1. The number of methoxy groups -OCH3 is 1. The maximum absolute atomic E-state index is 5.40. The Hall–Kier alpha value is -0.800. The third kappa shape index (κ3) is 2.72. The summed E-state index contributed by atoms with van der Waals surface area (Å²) in [6.07, 6.45) is 4.05. The molecule has 17 heavy (non-hydrogen) atoms. The monoisotopic (exact) mass is 236 g/mol. The number of hydrogen-bond donors (Lipinski definition) is 1. The molecule has 1 fully saturated rings. The van der Waals surface area contributed by atoms with Gasteiger partial charge in [0.05, 0.1) is 6.10 Å². The van der Waals surface area contributed by atoms with E-state index < -0.39 is 0 Å². The van der Waals surface area contributed by atoms with Crippen molar-refractivity contribution in [3.8, 4) is 0 Å². The third-order valence-electron chi connectivity index (χ3n) is 4.18. The van der Waals surface area contributed by atoms with Crippen LogP contribution in [0.15, 0.2) is 6.07 Å². The lowest BCUT2D eigenvalue weighted by atomic mass is 10.2. The van der Waals surface area contributed by atoms with Crippen LogP contribution in [-0.4, -0.2) is 23.8 Å². The first-order valence-corrected chi connectivity index (χ1v) is 6.49. The Labute approximate surface area is 104 Å². The molecule has 3 nitrogen and oxygen atoms in total. The molecule has 0 amide bonds. The van der Waals surface area contributed by atoms with Crippen LogP contribution in [0.4, 0.5) is 0 Å². The number of aryl methyl sites for hydroxylation is 1. The van der Waals surface area contributed by atoms with Gasteiger partial charge in [0.2, 0.25) is 0 Å². The van der Waals surface area contributed by atoms with E-state index in [-0.39, 0.29) is 0 Å². The van der Waals surface area contributed by atoms with Crippen LogP contribution >= 0.6 is 0 Å². The second-order valence-electron chi connectivity index (χ2n) is 5.20. The Morgan fingerprint density at radius 3 is 2.71 bits per heavy atom. The zero-order valence-corrected chi connectivity index (χ0v) is 11.4. The number of rotatable bonds is 4. The molecule has 1 aromatic rings. The van der Waals surface area contributed by atoms with Crippen molar-refractivity contribution in [2.45, 2.75) is 51.8 Å². The Morgan fingerprint density at radius 2 is 2.18 bits per heavy atom. The second kappa shape index (κ2) is 5.23. The highest BCUT2D eigenvalue weighted by atomic mass is 16.5. The van der Waals surface area contributed by atoms with Gasteiger partial charge in [-0.1, -0.05) is 0 Å². The largest absolute Gasteiger partial charge is 0.381 e. The smallest absolute Gasteiger partial charge is 0.0586 e. The lowest BCUT2D eigenvalue weighted by molar-refractivity contribution is 0.107. The summed E-state index contributed by atoms with van der Waals surface area (Å²) in [5.41, 5.74) is 4.13. The molecule has 3 heteroatoms. The molecule has 2 atom stereocenters. The fraction of sp³-hybridized carbons (Fsp3) is 0.714. The molecule has 0 saturated heterocycles. The van der Waals surface area contributed by atoms with E-state index in [1.165, 1.54) is 29.8 Å². The van der Waals surface area contributed by atoms with Crippen LogP contribution in [0.1, 0.15) is 36.2 Å². The van der Waals surface area contributed by atoms with Crippen molar-refractivity contribution in [1.82, 2.24) is 9.88 Å². The van der Waals surface area contributed by atoms with Crippen LogP contribution in [0.2, 0.25) is 0 Å². The summed E-state index contributed by atoms with van der Waals surface area (Å²) in [4.78, 5) is 0. The first kappa shape index (κ1) is 12.7. The van der Waals surface area contributed by atoms with Crippen LogP contribution in [0.25, 0.3) is 0 Å². The average molecular weight is 236 g/mol. The Bertz CT molecular complexity index is 384. The molecule has 1 aliphatic carbocycles. The van der Waals surface area contributed by atoms with E-state index in [0.717, 1.165) is 13.0 Å². The summed E-state index contributed by atoms with van der Waals surface area (Å²) in [6, 6.07) is 2.91. The topological polar surface area (TPSA) is 26.2 Å². The zero-order valence-electron chi connectivity index (χ0n) is 11.4. The highest BCUT2D eigenvalue weighted by Gasteiger charge is 2.23. The fourth-order valence-electron chi connectivity index (χ4n) is 2.71. The van der Waals surface area contributed by atoms with Crippen molar-refractivity contribution >= 4 is 0 Å². The van der Waals surface area contributed by atoms with Crippen molar-refractivity contribution < 1.29 is 4.74 Å². The van der Waals surface area contributed by atoms with Gasteiger partial charge in [-0.25, -0.2) is 0 Å². The Morgan fingerprint density at radius 1 is 1.41 bits per heavy atom. The molecule has 0 aromatic carbocycles. The minimum Gasteiger partial charge on any atom is -0.381 e. The lowest BCUT2D eigenvalue weighted by Crippen LogP contribution is -2.26. The molecule has 96 valence electrons. The summed E-state index contributed by atoms with van der Waals surface area (Å²) < 4.78 is 7.65. The van der Waals surface area contributed by atoms with Crippen molar-refractivity contribution in [1.29, 1.82) is 0 Å². The predicted molar refractivity (Wildman–Crippen MR) is 70.2 cm³/mol. The molecule has 2 unspecified atom stereocenters. The minimum atomic E-state index is 0.464. The standard InChI is InChI=1S/C14H24N2O/c1-10-7-12(11(2)16(10)3)9-15-13-5-6-14(8-13)17-4/h7,13-15H,5-6,8-9H2,1-4H3. The van der Waals surface area contributed by atoms with Crippen LogP contribution < -0.4 is 5.32 Å². The Balaban J connectivity index is 1.88. The quantitative estimate of drug-likeness (QED) is 0.868. The maximum atomic E-state index is 5.40. The number of nitrogens with zero attached hydrogens (tertiary/aromatic N) is 1. The van der Waals surface area contributed by atoms with Crippen LogP contribution in [0, 0.1) is 13.8 Å². The van der Waals surface area contributed by atoms with Gasteiger partial charge in [-0.05, 0) is 44.7 Å². The van der Waals surface area contributed by atoms with E-state index in [1.54, 1.807) is 0 Å². The summed E-state index contributed by atoms with van der Waals surface area (Å²) >= 11 is 0. The minimum absolute atomic E-state index is 0.464. The van der Waals surface area contributed by atoms with Gasteiger partial charge < -0.3 is 14.6 Å². The van der Waals surface area contributed by atoms with E-state index in [2.05, 4.69) is 36.8 Å². The van der Waals surface area contributed by atoms with Crippen molar-refractivity contribution in [3.63, 3.8) is 0 Å². The van der Waals surface area contributed by atoms with Gasteiger partial charge in [-0.15, -0.1) is 0 Å². The first-order chi connectivity index (χ1) is 8.11. The number of nitrogens with one attached hydrogen (secondary N) is 1. The first-order valence-electron chi connectivity index (χ1n) is 6.49. The number of hydrogen-bond acceptors (Lipinski definition) is 2. The molecule has 0 bridgehead atoms. The Kier molecular flexibility index (Phi) is 3.89. The van der Waals surface area contributed by atoms with Gasteiger partial charge in [0.15, 0.2) is 0 Å². The van der Waals surface area contributed by atoms with E-state index in [0.29, 0.717) is 12.1 Å². The number of ether oxygens (including phenoxy) is 1. The van der Waals surface area contributed by atoms with E-state index in [9.17, 15) is 0 Å². The maximum Gasteiger partial charge on any atom is 0.0586 e. The molecular weight excluding hydrogens is 212 g/mol. The molecule has 1 heterocycles. The van der Waals surface area contributed by atoms with E-state index in [4.69, 9.17) is 4.74 Å². The average Bonchev–Trinajstić information content (AvgIpc) is 2.88. The van der Waals surface area contributed by atoms with Gasteiger partial charge >= 0.3 is 0 Å². The van der Waals surface area contributed by atoms with Crippen molar-refractivity contribution in [2.75, 3.05) is 7.11 Å². The molecule has 1 aliphatic rings. The fourth-order valence-corrected chi connectivity index (χ4v) is 2.71. The summed E-state index contributed by atoms with van der Waals surface area (Å²) in [5.74, 6) is 0. The van der Waals surface area contributed by atoms with Crippen LogP contribution in [-0.2, 0) is 18.3 Å². The highest BCUT2D eigenvalue weighted by molar-refractivity contribution is 5.26. The van der Waals surface area contributed by atoms with Crippen LogP contribution in [0.3, 0.4) is 0 Å². The summed E-state index contributed by atoms with van der Waals surface area (Å²) in [7, 11) is 3.95. The van der Waals surface area contributed by atoms with Gasteiger partial charge in [-0.2, -0.15) is 0 Å². The molecule has 1 N–H and O–H groups in total. The van der Waals surface area contributed by atoms with Gasteiger partial charge in [0.25, 0.3) is 0 Å². The van der Waals surface area contributed by atoms with Gasteiger partial charge in [0.1, 0.15) is 0 Å². The number of aromatic nitrogens is 1. The normalized spacial score (nSPS) is 24.5. The molecule has 0 radical (unpaired) electrons. The van der Waals surface area contributed by atoms with E-state index in [1.807, 2.05) is 7.11 Å². The molecule has 2 rings (SSSR count). The van der Waals surface area contributed by atoms with E-state index >= 15 is 0 Å². The molecule has 1 saturated carbocycles. The second-order valence-corrected chi connectivity index (χ2v) is 5.20. The highest BCUT2D eigenvalue weighted by Crippen LogP contribution is 2.22. The molecular formula is C14H24N2O. The van der Waals surface area contributed by atoms with Crippen LogP contribution in [0.5, 0.6) is 0 Å². The van der Waals surface area contributed by atoms with Crippen molar-refractivity contribution in [2.24, 2.45) is 7.05 Å². The molecule has 0 aliphatic heterocycles. The van der Waals surface area contributed by atoms with Gasteiger partial charge in [-0.3, -0.25) is 0 Å². The lowest BCUT2D eigenvalue weighted by Gasteiger charge is -2.12. The van der Waals surface area contributed by atoms with Gasteiger partial charge in [0, 0.05) is 38.1 Å². The third-order valence-corrected chi connectivity index (χ3v) is 4.18. The zero-order chi connectivity index (χ0) is 12.4. The molecule has 0 spiro atoms. The molecule has 1 aromatic heterocycles. The van der Waals surface area contributed by atoms with Crippen molar-refractivity contribution in [3.05, 3.63) is 23.0 Å². The summed E-state index contributed by atoms with van der Waals surface area (Å²) in [5, 5.41) is 3.65. The predicted octanol–water partition coefficient (Wildman–Crippen LogP) is 2.30.